The number of hydrogen-bond donors (Lipinski definition) is 1. The number of anilines is 1. The van der Waals surface area contributed by atoms with Crippen LogP contribution < -0.4 is 10.1 Å². The van der Waals surface area contributed by atoms with Crippen LogP contribution in [0.4, 0.5) is 5.69 Å². The minimum absolute atomic E-state index is 0.0483. The van der Waals surface area contributed by atoms with Crippen molar-refractivity contribution in [2.24, 2.45) is 0 Å². The third kappa shape index (κ3) is 5.47. The number of nitrogens with one attached hydrogen (secondary N) is 1. The highest BCUT2D eigenvalue weighted by Crippen LogP contribution is 2.24. The number of ether oxygens (including phenoxy) is 1. The topological polar surface area (TPSA) is 69.0 Å². The fourth-order valence-electron chi connectivity index (χ4n) is 3.38. The van der Waals surface area contributed by atoms with Gasteiger partial charge in [-0.15, -0.1) is 10.2 Å². The molecule has 3 aromatic rings. The predicted molar refractivity (Wildman–Crippen MR) is 126 cm³/mol. The first kappa shape index (κ1) is 22.9. The Morgan fingerprint density at radius 2 is 1.81 bits per heavy atom. The predicted octanol–water partition coefficient (Wildman–Crippen LogP) is 5.10. The molecule has 0 aliphatic carbocycles. The lowest BCUT2D eigenvalue weighted by Gasteiger charge is -2.13. The summed E-state index contributed by atoms with van der Waals surface area (Å²) >= 11 is 1.39. The molecule has 2 aromatic carbocycles. The fourth-order valence-corrected chi connectivity index (χ4v) is 4.20. The van der Waals surface area contributed by atoms with Gasteiger partial charge in [-0.2, -0.15) is 0 Å². The van der Waals surface area contributed by atoms with Gasteiger partial charge in [-0.1, -0.05) is 49.0 Å². The number of thioether (sulfide) groups is 1. The number of nitrogens with zero attached hydrogens (tertiary/aromatic N) is 3. The van der Waals surface area contributed by atoms with E-state index in [1.54, 1.807) is 0 Å². The largest absolute Gasteiger partial charge is 0.485 e. The van der Waals surface area contributed by atoms with Gasteiger partial charge in [-0.3, -0.25) is 4.79 Å². The molecule has 7 heteroatoms. The number of carbonyl (C=O) groups excluding carboxylic acids is 1. The Hall–Kier alpha value is -2.80. The average Bonchev–Trinajstić information content (AvgIpc) is 3.16. The highest BCUT2D eigenvalue weighted by Gasteiger charge is 2.15. The second kappa shape index (κ2) is 10.5. The monoisotopic (exact) mass is 438 g/mol. The van der Waals surface area contributed by atoms with Gasteiger partial charge in [0.15, 0.2) is 11.0 Å². The molecule has 0 aliphatic rings. The van der Waals surface area contributed by atoms with Gasteiger partial charge in [0.25, 0.3) is 0 Å². The summed E-state index contributed by atoms with van der Waals surface area (Å²) in [5.41, 5.74) is 5.44. The Labute approximate surface area is 188 Å². The van der Waals surface area contributed by atoms with Gasteiger partial charge in [0.2, 0.25) is 5.91 Å². The summed E-state index contributed by atoms with van der Waals surface area (Å²) in [6.07, 6.45) is 0.873. The number of carbonyl (C=O) groups is 1. The van der Waals surface area contributed by atoms with Gasteiger partial charge < -0.3 is 14.6 Å². The molecule has 0 saturated heterocycles. The second-order valence-corrected chi connectivity index (χ2v) is 8.37. The van der Waals surface area contributed by atoms with E-state index in [1.807, 2.05) is 55.7 Å². The molecule has 31 heavy (non-hydrogen) atoms. The van der Waals surface area contributed by atoms with Gasteiger partial charge in [0, 0.05) is 12.2 Å². The zero-order valence-electron chi connectivity index (χ0n) is 18.9. The van der Waals surface area contributed by atoms with Crippen LogP contribution in [0, 0.1) is 20.8 Å². The summed E-state index contributed by atoms with van der Waals surface area (Å²) < 4.78 is 7.99. The van der Waals surface area contributed by atoms with Crippen LogP contribution in [-0.2, 0) is 24.4 Å². The first-order valence-electron chi connectivity index (χ1n) is 10.6. The number of hydrogen-bond acceptors (Lipinski definition) is 5. The molecule has 1 N–H and O–H groups in total. The molecule has 1 heterocycles. The molecule has 0 radical (unpaired) electrons. The van der Waals surface area contributed by atoms with Crippen LogP contribution in [0.15, 0.2) is 41.6 Å². The van der Waals surface area contributed by atoms with E-state index in [-0.39, 0.29) is 11.7 Å². The van der Waals surface area contributed by atoms with Crippen molar-refractivity contribution in [3.63, 3.8) is 0 Å². The van der Waals surface area contributed by atoms with Crippen LogP contribution in [-0.4, -0.2) is 26.4 Å². The van der Waals surface area contributed by atoms with Crippen LogP contribution >= 0.6 is 11.8 Å². The molecule has 0 fully saturated rings. The van der Waals surface area contributed by atoms with Crippen molar-refractivity contribution in [1.82, 2.24) is 14.8 Å². The van der Waals surface area contributed by atoms with Crippen LogP contribution in [0.2, 0.25) is 0 Å². The zero-order chi connectivity index (χ0) is 22.4. The van der Waals surface area contributed by atoms with Crippen molar-refractivity contribution < 1.29 is 9.53 Å². The fraction of sp³-hybridized carbons (Fsp3) is 0.375. The standard InChI is InChI=1S/C24H30N4O2S/c1-6-19-12-8-11-17(4)23(19)25-22(29)15-31-24-27-26-21(28(24)7-2)14-30-20-13-9-10-16(3)18(20)5/h8-13H,6-7,14-15H2,1-5H3,(H,25,29). The molecule has 0 bridgehead atoms. The quantitative estimate of drug-likeness (QED) is 0.471. The summed E-state index contributed by atoms with van der Waals surface area (Å²) in [6.45, 7) is 11.3. The Morgan fingerprint density at radius 3 is 2.55 bits per heavy atom. The minimum atomic E-state index is -0.0483. The number of aromatic nitrogens is 3. The van der Waals surface area contributed by atoms with Crippen molar-refractivity contribution in [3.05, 3.63) is 64.5 Å². The van der Waals surface area contributed by atoms with Crippen molar-refractivity contribution in [3.8, 4) is 5.75 Å². The zero-order valence-corrected chi connectivity index (χ0v) is 19.7. The van der Waals surface area contributed by atoms with Crippen LogP contribution in [0.1, 0.15) is 41.9 Å². The number of benzene rings is 2. The first-order chi connectivity index (χ1) is 14.9. The van der Waals surface area contributed by atoms with E-state index in [0.29, 0.717) is 13.2 Å². The molecule has 3 rings (SSSR count). The molecule has 1 aromatic heterocycles. The lowest BCUT2D eigenvalue weighted by Crippen LogP contribution is -2.17. The third-order valence-electron chi connectivity index (χ3n) is 5.36. The Balaban J connectivity index is 1.63. The lowest BCUT2D eigenvalue weighted by atomic mass is 10.1. The highest BCUT2D eigenvalue weighted by atomic mass is 32.2. The minimum Gasteiger partial charge on any atom is -0.485 e. The molecule has 164 valence electrons. The lowest BCUT2D eigenvalue weighted by molar-refractivity contribution is -0.113. The summed E-state index contributed by atoms with van der Waals surface area (Å²) in [5, 5.41) is 12.4. The van der Waals surface area contributed by atoms with E-state index in [2.05, 4.69) is 35.4 Å². The van der Waals surface area contributed by atoms with Gasteiger partial charge in [-0.05, 0) is 62.4 Å². The molecule has 0 spiro atoms. The number of amides is 1. The van der Waals surface area contributed by atoms with E-state index in [0.717, 1.165) is 45.5 Å². The summed E-state index contributed by atoms with van der Waals surface area (Å²) in [7, 11) is 0. The SMILES string of the molecule is CCc1cccc(C)c1NC(=O)CSc1nnc(COc2cccc(C)c2C)n1CC. The molecular formula is C24H30N4O2S. The summed E-state index contributed by atoms with van der Waals surface area (Å²) in [4.78, 5) is 12.6. The maximum absolute atomic E-state index is 12.6. The van der Waals surface area contributed by atoms with Crippen molar-refractivity contribution in [1.29, 1.82) is 0 Å². The van der Waals surface area contributed by atoms with E-state index in [4.69, 9.17) is 4.74 Å². The summed E-state index contributed by atoms with van der Waals surface area (Å²) in [6, 6.07) is 12.1. The van der Waals surface area contributed by atoms with E-state index >= 15 is 0 Å². The maximum atomic E-state index is 12.6. The number of rotatable bonds is 9. The molecule has 6 nitrogen and oxygen atoms in total. The van der Waals surface area contributed by atoms with E-state index < -0.39 is 0 Å². The first-order valence-corrected chi connectivity index (χ1v) is 11.5. The average molecular weight is 439 g/mol. The van der Waals surface area contributed by atoms with Gasteiger partial charge in [0.05, 0.1) is 5.75 Å². The Kier molecular flexibility index (Phi) is 7.74. The molecule has 0 unspecified atom stereocenters. The second-order valence-electron chi connectivity index (χ2n) is 7.43. The highest BCUT2D eigenvalue weighted by molar-refractivity contribution is 7.99. The van der Waals surface area contributed by atoms with E-state index in [9.17, 15) is 4.79 Å². The maximum Gasteiger partial charge on any atom is 0.234 e. The van der Waals surface area contributed by atoms with Gasteiger partial charge in [-0.25, -0.2) is 0 Å². The summed E-state index contributed by atoms with van der Waals surface area (Å²) in [5.74, 6) is 1.82. The van der Waals surface area contributed by atoms with Crippen molar-refractivity contribution in [2.75, 3.05) is 11.1 Å². The molecule has 0 aliphatic heterocycles. The van der Waals surface area contributed by atoms with E-state index in [1.165, 1.54) is 17.3 Å². The smallest absolute Gasteiger partial charge is 0.234 e. The molecule has 0 saturated carbocycles. The third-order valence-corrected chi connectivity index (χ3v) is 6.32. The van der Waals surface area contributed by atoms with Gasteiger partial charge in [0.1, 0.15) is 12.4 Å². The number of aryl methyl sites for hydroxylation is 3. The van der Waals surface area contributed by atoms with Crippen LogP contribution in [0.3, 0.4) is 0 Å². The molecule has 0 atom stereocenters. The normalized spacial score (nSPS) is 10.9. The van der Waals surface area contributed by atoms with Crippen molar-refractivity contribution in [2.45, 2.75) is 59.3 Å². The van der Waals surface area contributed by atoms with Gasteiger partial charge >= 0.3 is 0 Å². The van der Waals surface area contributed by atoms with Crippen LogP contribution in [0.5, 0.6) is 5.75 Å². The Morgan fingerprint density at radius 1 is 1.06 bits per heavy atom. The molecule has 1 amide bonds. The molecular weight excluding hydrogens is 408 g/mol. The number of para-hydroxylation sites is 1. The van der Waals surface area contributed by atoms with Crippen molar-refractivity contribution >= 4 is 23.4 Å². The Bertz CT molecular complexity index is 1060. The van der Waals surface area contributed by atoms with Crippen LogP contribution in [0.25, 0.3) is 0 Å².